The van der Waals surface area contributed by atoms with E-state index in [1.807, 2.05) is 32.0 Å². The van der Waals surface area contributed by atoms with Gasteiger partial charge in [-0.05, 0) is 43.6 Å². The van der Waals surface area contributed by atoms with Crippen LogP contribution in [0.4, 0.5) is 5.69 Å². The van der Waals surface area contributed by atoms with Gasteiger partial charge in [-0.2, -0.15) is 0 Å². The molecule has 0 aliphatic carbocycles. The van der Waals surface area contributed by atoms with Crippen molar-refractivity contribution in [1.82, 2.24) is 10.2 Å². The molecule has 0 saturated carbocycles. The molecule has 0 aromatic heterocycles. The SMILES string of the molecule is Cc1c(NC(=O)C(C)C2CNC2)cccc1C(=O)N1CCOCC1.Cl. The summed E-state index contributed by atoms with van der Waals surface area (Å²) in [4.78, 5) is 26.9. The number of nitrogens with one attached hydrogen (secondary N) is 2. The van der Waals surface area contributed by atoms with Crippen molar-refractivity contribution in [2.75, 3.05) is 44.7 Å². The van der Waals surface area contributed by atoms with Gasteiger partial charge < -0.3 is 20.3 Å². The van der Waals surface area contributed by atoms with E-state index in [2.05, 4.69) is 10.6 Å². The highest BCUT2D eigenvalue weighted by Gasteiger charge is 2.29. The standard InChI is InChI=1S/C18H25N3O3.ClH/c1-12(14-10-19-11-14)17(22)20-16-5-3-4-15(13(16)2)18(23)21-6-8-24-9-7-21;/h3-5,12,14,19H,6-11H2,1-2H3,(H,20,22);1H. The Labute approximate surface area is 154 Å². The molecule has 7 heteroatoms. The predicted octanol–water partition coefficient (Wildman–Crippen LogP) is 1.68. The van der Waals surface area contributed by atoms with Crippen molar-refractivity contribution in [3.8, 4) is 0 Å². The van der Waals surface area contributed by atoms with Crippen molar-refractivity contribution in [2.45, 2.75) is 13.8 Å². The number of hydrogen-bond acceptors (Lipinski definition) is 4. The lowest BCUT2D eigenvalue weighted by Crippen LogP contribution is -2.48. The number of carbonyl (C=O) groups excluding carboxylic acids is 2. The van der Waals surface area contributed by atoms with Crippen molar-refractivity contribution >= 4 is 29.9 Å². The van der Waals surface area contributed by atoms with Crippen LogP contribution in [0.25, 0.3) is 0 Å². The quantitative estimate of drug-likeness (QED) is 0.849. The van der Waals surface area contributed by atoms with Gasteiger partial charge in [-0.3, -0.25) is 9.59 Å². The topological polar surface area (TPSA) is 70.7 Å². The number of anilines is 1. The van der Waals surface area contributed by atoms with E-state index in [1.165, 1.54) is 0 Å². The molecular weight excluding hydrogens is 342 g/mol. The molecule has 1 aromatic rings. The summed E-state index contributed by atoms with van der Waals surface area (Å²) < 4.78 is 5.30. The van der Waals surface area contributed by atoms with Gasteiger partial charge >= 0.3 is 0 Å². The van der Waals surface area contributed by atoms with Gasteiger partial charge in [-0.1, -0.05) is 13.0 Å². The van der Waals surface area contributed by atoms with Crippen molar-refractivity contribution < 1.29 is 14.3 Å². The fraction of sp³-hybridized carbons (Fsp3) is 0.556. The third-order valence-electron chi connectivity index (χ3n) is 5.05. The van der Waals surface area contributed by atoms with Gasteiger partial charge in [0.1, 0.15) is 0 Å². The maximum atomic E-state index is 12.7. The number of ether oxygens (including phenoxy) is 1. The Morgan fingerprint density at radius 2 is 1.96 bits per heavy atom. The molecule has 25 heavy (non-hydrogen) atoms. The van der Waals surface area contributed by atoms with E-state index in [0.717, 1.165) is 24.3 Å². The Morgan fingerprint density at radius 1 is 1.28 bits per heavy atom. The fourth-order valence-corrected chi connectivity index (χ4v) is 3.06. The maximum Gasteiger partial charge on any atom is 0.254 e. The molecule has 2 amide bonds. The van der Waals surface area contributed by atoms with Gasteiger partial charge in [0.15, 0.2) is 0 Å². The van der Waals surface area contributed by atoms with Crippen LogP contribution >= 0.6 is 12.4 Å². The number of nitrogens with zero attached hydrogens (tertiary/aromatic N) is 1. The number of benzene rings is 1. The second-order valence-corrected chi connectivity index (χ2v) is 6.58. The van der Waals surface area contributed by atoms with Crippen molar-refractivity contribution in [1.29, 1.82) is 0 Å². The molecule has 2 aliphatic heterocycles. The van der Waals surface area contributed by atoms with Crippen molar-refractivity contribution in [2.24, 2.45) is 11.8 Å². The molecule has 138 valence electrons. The van der Waals surface area contributed by atoms with Gasteiger partial charge in [0.2, 0.25) is 5.91 Å². The van der Waals surface area contributed by atoms with E-state index in [-0.39, 0.29) is 30.1 Å². The third-order valence-corrected chi connectivity index (χ3v) is 5.05. The number of rotatable bonds is 4. The Morgan fingerprint density at radius 3 is 2.56 bits per heavy atom. The Hall–Kier alpha value is -1.63. The zero-order valence-electron chi connectivity index (χ0n) is 14.7. The Balaban J connectivity index is 0.00000225. The monoisotopic (exact) mass is 367 g/mol. The third kappa shape index (κ3) is 4.32. The molecule has 2 aliphatic rings. The summed E-state index contributed by atoms with van der Waals surface area (Å²) in [7, 11) is 0. The van der Waals surface area contributed by atoms with Gasteiger partial charge in [0.05, 0.1) is 13.2 Å². The number of hydrogen-bond donors (Lipinski definition) is 2. The molecular formula is C18H26ClN3O3. The Bertz CT molecular complexity index is 628. The molecule has 2 saturated heterocycles. The minimum atomic E-state index is -0.0377. The highest BCUT2D eigenvalue weighted by molar-refractivity contribution is 5.99. The van der Waals surface area contributed by atoms with E-state index in [0.29, 0.717) is 37.8 Å². The van der Waals surface area contributed by atoms with Crippen LogP contribution in [0.2, 0.25) is 0 Å². The summed E-state index contributed by atoms with van der Waals surface area (Å²) in [6.45, 7) is 8.01. The van der Waals surface area contributed by atoms with Gasteiger partial charge in [0.25, 0.3) is 5.91 Å². The molecule has 0 spiro atoms. The summed E-state index contributed by atoms with van der Waals surface area (Å²) in [6, 6.07) is 5.50. The smallest absolute Gasteiger partial charge is 0.254 e. The molecule has 2 fully saturated rings. The van der Waals surface area contributed by atoms with E-state index in [9.17, 15) is 9.59 Å². The van der Waals surface area contributed by atoms with Crippen LogP contribution in [0.15, 0.2) is 18.2 Å². The lowest BCUT2D eigenvalue weighted by Gasteiger charge is -2.32. The van der Waals surface area contributed by atoms with Crippen LogP contribution in [0.1, 0.15) is 22.8 Å². The second kappa shape index (κ2) is 8.65. The number of halogens is 1. The minimum absolute atomic E-state index is 0. The molecule has 1 aromatic carbocycles. The van der Waals surface area contributed by atoms with E-state index >= 15 is 0 Å². The number of amides is 2. The van der Waals surface area contributed by atoms with Crippen LogP contribution in [0.3, 0.4) is 0 Å². The van der Waals surface area contributed by atoms with Crippen LogP contribution in [0.5, 0.6) is 0 Å². The molecule has 2 N–H and O–H groups in total. The van der Waals surface area contributed by atoms with E-state index in [4.69, 9.17) is 4.74 Å². The Kier molecular flexibility index (Phi) is 6.81. The summed E-state index contributed by atoms with van der Waals surface area (Å²) >= 11 is 0. The minimum Gasteiger partial charge on any atom is -0.378 e. The van der Waals surface area contributed by atoms with Crippen molar-refractivity contribution in [3.63, 3.8) is 0 Å². The highest BCUT2D eigenvalue weighted by Crippen LogP contribution is 2.23. The van der Waals surface area contributed by atoms with Gasteiger partial charge in [0, 0.05) is 30.3 Å². The number of morpholine rings is 1. The second-order valence-electron chi connectivity index (χ2n) is 6.58. The summed E-state index contributed by atoms with van der Waals surface area (Å²) in [5.41, 5.74) is 2.19. The highest BCUT2D eigenvalue weighted by atomic mass is 35.5. The van der Waals surface area contributed by atoms with Gasteiger partial charge in [-0.15, -0.1) is 12.4 Å². The normalized spacial score (nSPS) is 18.7. The molecule has 3 rings (SSSR count). The van der Waals surface area contributed by atoms with Crippen LogP contribution in [0, 0.1) is 18.8 Å². The molecule has 2 heterocycles. The first-order chi connectivity index (χ1) is 11.6. The van der Waals surface area contributed by atoms with Crippen molar-refractivity contribution in [3.05, 3.63) is 29.3 Å². The molecule has 6 nitrogen and oxygen atoms in total. The average Bonchev–Trinajstić information content (AvgIpc) is 2.55. The van der Waals surface area contributed by atoms with E-state index < -0.39 is 0 Å². The van der Waals surface area contributed by atoms with Gasteiger partial charge in [-0.25, -0.2) is 0 Å². The first kappa shape index (κ1) is 19.7. The zero-order valence-corrected chi connectivity index (χ0v) is 15.5. The molecule has 1 atom stereocenters. The maximum absolute atomic E-state index is 12.7. The van der Waals surface area contributed by atoms with E-state index in [1.54, 1.807) is 4.90 Å². The average molecular weight is 368 g/mol. The summed E-state index contributed by atoms with van der Waals surface area (Å²) in [6.07, 6.45) is 0. The molecule has 1 unspecified atom stereocenters. The summed E-state index contributed by atoms with van der Waals surface area (Å²) in [5.74, 6) is 0.372. The first-order valence-electron chi connectivity index (χ1n) is 8.56. The lowest BCUT2D eigenvalue weighted by molar-refractivity contribution is -0.121. The van der Waals surface area contributed by atoms with Crippen LogP contribution < -0.4 is 10.6 Å². The fourth-order valence-electron chi connectivity index (χ4n) is 3.06. The van der Waals surface area contributed by atoms with Crippen LogP contribution in [-0.4, -0.2) is 56.1 Å². The lowest BCUT2D eigenvalue weighted by atomic mass is 9.88. The molecule has 0 radical (unpaired) electrons. The predicted molar refractivity (Wildman–Crippen MR) is 99.3 cm³/mol. The largest absolute Gasteiger partial charge is 0.378 e. The zero-order chi connectivity index (χ0) is 17.1. The molecule has 0 bridgehead atoms. The number of carbonyl (C=O) groups is 2. The first-order valence-corrected chi connectivity index (χ1v) is 8.56. The van der Waals surface area contributed by atoms with Crippen LogP contribution in [-0.2, 0) is 9.53 Å². The summed E-state index contributed by atoms with van der Waals surface area (Å²) in [5, 5.41) is 6.19.